The van der Waals surface area contributed by atoms with Crippen molar-refractivity contribution in [3.63, 3.8) is 0 Å². The average Bonchev–Trinajstić information content (AvgIpc) is 2.75. The zero-order valence-electron chi connectivity index (χ0n) is 14.5. The molecule has 26 heavy (non-hydrogen) atoms. The molecular weight excluding hydrogens is 316 g/mol. The number of ketones is 1. The Balaban J connectivity index is 1.71. The van der Waals surface area contributed by atoms with Crippen LogP contribution < -0.4 is 0 Å². The number of carbonyl (C=O) groups is 1. The number of carbonyl (C=O) groups excluding carboxylic acids is 1. The van der Waals surface area contributed by atoms with E-state index in [2.05, 4.69) is 18.2 Å². The molecule has 1 nitrogen and oxygen atoms in total. The van der Waals surface area contributed by atoms with Crippen LogP contribution in [-0.2, 0) is 5.41 Å². The maximum atomic E-state index is 13.5. The minimum Gasteiger partial charge on any atom is -0.293 e. The smallest absolute Gasteiger partial charge is 0.177 e. The quantitative estimate of drug-likeness (QED) is 0.535. The van der Waals surface area contributed by atoms with E-state index in [0.717, 1.165) is 22.3 Å². The lowest BCUT2D eigenvalue weighted by atomic mass is 9.70. The van der Waals surface area contributed by atoms with E-state index in [1.165, 1.54) is 0 Å². The fourth-order valence-corrected chi connectivity index (χ4v) is 3.57. The molecule has 0 saturated heterocycles. The first-order valence-corrected chi connectivity index (χ1v) is 8.90. The first-order chi connectivity index (χ1) is 12.8. The lowest BCUT2D eigenvalue weighted by Gasteiger charge is -2.30. The highest BCUT2D eigenvalue weighted by atomic mass is 16.1. The van der Waals surface area contributed by atoms with Crippen LogP contribution in [0.1, 0.15) is 22.3 Å². The molecule has 0 fully saturated rings. The molecule has 0 heterocycles. The lowest BCUT2D eigenvalue weighted by molar-refractivity contribution is 0.0917. The summed E-state index contributed by atoms with van der Waals surface area (Å²) >= 11 is 0. The zero-order valence-corrected chi connectivity index (χ0v) is 14.5. The van der Waals surface area contributed by atoms with Crippen LogP contribution >= 0.6 is 0 Å². The van der Waals surface area contributed by atoms with Gasteiger partial charge >= 0.3 is 0 Å². The summed E-state index contributed by atoms with van der Waals surface area (Å²) in [6.45, 7) is 0. The Morgan fingerprint density at radius 2 is 1.31 bits per heavy atom. The molecule has 4 rings (SSSR count). The van der Waals surface area contributed by atoms with Gasteiger partial charge in [-0.05, 0) is 23.1 Å². The summed E-state index contributed by atoms with van der Waals surface area (Å²) in [7, 11) is 0. The van der Waals surface area contributed by atoms with Crippen molar-refractivity contribution in [2.45, 2.75) is 11.8 Å². The van der Waals surface area contributed by atoms with Crippen LogP contribution in [0.25, 0.3) is 11.1 Å². The maximum Gasteiger partial charge on any atom is 0.177 e. The summed E-state index contributed by atoms with van der Waals surface area (Å²) in [6.07, 6.45) is 8.78. The van der Waals surface area contributed by atoms with Crippen LogP contribution in [-0.4, -0.2) is 5.78 Å². The van der Waals surface area contributed by atoms with E-state index in [1.54, 1.807) is 0 Å². The zero-order chi connectivity index (χ0) is 17.8. The van der Waals surface area contributed by atoms with Gasteiger partial charge in [0.15, 0.2) is 5.78 Å². The molecule has 1 unspecified atom stereocenters. The number of allylic oxidation sites excluding steroid dienone is 4. The number of Topliss-reactive ketones (excluding diaryl/α,β-unsaturated/α-hetero) is 1. The molecule has 3 aromatic carbocycles. The van der Waals surface area contributed by atoms with Crippen molar-refractivity contribution in [1.29, 1.82) is 0 Å². The average molecular weight is 336 g/mol. The standard InChI is InChI=1S/C25H20O/c26-24(22-16-14-21(15-17-22)20-10-4-1-5-11-20)25(18-8-3-9-19-25)23-12-6-2-7-13-23/h1-18H,19H2. The SMILES string of the molecule is O=C(c1ccc(-c2ccccc2)cc1)C1(c2ccccc2)C=CC=CC1. The molecule has 0 aromatic heterocycles. The maximum absolute atomic E-state index is 13.5. The molecule has 1 aliphatic carbocycles. The van der Waals surface area contributed by atoms with Gasteiger partial charge in [-0.25, -0.2) is 0 Å². The van der Waals surface area contributed by atoms with Crippen molar-refractivity contribution in [2.75, 3.05) is 0 Å². The summed E-state index contributed by atoms with van der Waals surface area (Å²) in [5, 5.41) is 0. The Hall–Kier alpha value is -3.19. The minimum atomic E-state index is -0.621. The fourth-order valence-electron chi connectivity index (χ4n) is 3.57. The number of benzene rings is 3. The van der Waals surface area contributed by atoms with Crippen molar-refractivity contribution in [1.82, 2.24) is 0 Å². The van der Waals surface area contributed by atoms with E-state index in [-0.39, 0.29) is 5.78 Å². The summed E-state index contributed by atoms with van der Waals surface area (Å²) in [5.41, 5.74) is 3.44. The number of hydrogen-bond acceptors (Lipinski definition) is 1. The van der Waals surface area contributed by atoms with Crippen LogP contribution in [0.4, 0.5) is 0 Å². The van der Waals surface area contributed by atoms with Crippen LogP contribution in [0.2, 0.25) is 0 Å². The molecule has 1 heteroatoms. The summed E-state index contributed by atoms with van der Waals surface area (Å²) in [5.74, 6) is 0.143. The Kier molecular flexibility index (Phi) is 4.37. The van der Waals surface area contributed by atoms with Crippen LogP contribution in [0, 0.1) is 0 Å². The van der Waals surface area contributed by atoms with Crippen LogP contribution in [0.3, 0.4) is 0 Å². The third kappa shape index (κ3) is 2.93. The number of rotatable bonds is 4. The second kappa shape index (κ2) is 6.97. The molecular formula is C25H20O. The van der Waals surface area contributed by atoms with Gasteiger partial charge in [0.25, 0.3) is 0 Å². The normalized spacial score (nSPS) is 18.6. The van der Waals surface area contributed by atoms with Crippen molar-refractivity contribution in [3.05, 3.63) is 120 Å². The fraction of sp³-hybridized carbons (Fsp3) is 0.0800. The van der Waals surface area contributed by atoms with Gasteiger partial charge in [0.05, 0.1) is 5.41 Å². The van der Waals surface area contributed by atoms with Crippen molar-refractivity contribution in [2.24, 2.45) is 0 Å². The minimum absolute atomic E-state index is 0.143. The van der Waals surface area contributed by atoms with E-state index in [9.17, 15) is 4.79 Å². The van der Waals surface area contributed by atoms with Gasteiger partial charge < -0.3 is 0 Å². The van der Waals surface area contributed by atoms with Gasteiger partial charge in [0, 0.05) is 5.56 Å². The number of hydrogen-bond donors (Lipinski definition) is 0. The summed E-state index contributed by atoms with van der Waals surface area (Å²) in [4.78, 5) is 13.5. The Labute approximate surface area is 154 Å². The van der Waals surface area contributed by atoms with E-state index >= 15 is 0 Å². The molecule has 0 radical (unpaired) electrons. The molecule has 0 spiro atoms. The monoisotopic (exact) mass is 336 g/mol. The van der Waals surface area contributed by atoms with Crippen LogP contribution in [0.15, 0.2) is 109 Å². The molecule has 0 N–H and O–H groups in total. The Morgan fingerprint density at radius 1 is 0.692 bits per heavy atom. The second-order valence-electron chi connectivity index (χ2n) is 6.60. The van der Waals surface area contributed by atoms with E-state index in [1.807, 2.05) is 91.0 Å². The molecule has 1 atom stereocenters. The Morgan fingerprint density at radius 3 is 1.92 bits per heavy atom. The van der Waals surface area contributed by atoms with Crippen molar-refractivity contribution < 1.29 is 4.79 Å². The second-order valence-corrected chi connectivity index (χ2v) is 6.60. The lowest BCUT2D eigenvalue weighted by Crippen LogP contribution is -2.34. The van der Waals surface area contributed by atoms with Crippen LogP contribution in [0.5, 0.6) is 0 Å². The molecule has 0 bridgehead atoms. The van der Waals surface area contributed by atoms with Crippen molar-refractivity contribution in [3.8, 4) is 11.1 Å². The molecule has 126 valence electrons. The summed E-state index contributed by atoms with van der Waals surface area (Å²) < 4.78 is 0. The van der Waals surface area contributed by atoms with E-state index in [4.69, 9.17) is 0 Å². The molecule has 0 amide bonds. The third-order valence-electron chi connectivity index (χ3n) is 5.02. The molecule has 0 aliphatic heterocycles. The summed E-state index contributed by atoms with van der Waals surface area (Å²) in [6, 6.07) is 28.2. The molecule has 1 aliphatic rings. The topological polar surface area (TPSA) is 17.1 Å². The van der Waals surface area contributed by atoms with Gasteiger partial charge in [-0.2, -0.15) is 0 Å². The first kappa shape index (κ1) is 16.3. The van der Waals surface area contributed by atoms with Gasteiger partial charge in [-0.15, -0.1) is 0 Å². The largest absolute Gasteiger partial charge is 0.293 e. The predicted octanol–water partition coefficient (Wildman–Crippen LogP) is 5.99. The molecule has 3 aromatic rings. The Bertz CT molecular complexity index is 950. The van der Waals surface area contributed by atoms with Gasteiger partial charge in [-0.1, -0.05) is 109 Å². The predicted molar refractivity (Wildman–Crippen MR) is 107 cm³/mol. The van der Waals surface area contributed by atoms with E-state index in [0.29, 0.717) is 6.42 Å². The van der Waals surface area contributed by atoms with Crippen molar-refractivity contribution >= 4 is 5.78 Å². The van der Waals surface area contributed by atoms with Gasteiger partial charge in [0.1, 0.15) is 0 Å². The first-order valence-electron chi connectivity index (χ1n) is 8.90. The van der Waals surface area contributed by atoms with Gasteiger partial charge in [-0.3, -0.25) is 4.79 Å². The van der Waals surface area contributed by atoms with E-state index < -0.39 is 5.41 Å². The highest BCUT2D eigenvalue weighted by Gasteiger charge is 2.37. The highest BCUT2D eigenvalue weighted by Crippen LogP contribution is 2.36. The molecule has 0 saturated carbocycles. The van der Waals surface area contributed by atoms with Gasteiger partial charge in [0.2, 0.25) is 0 Å². The highest BCUT2D eigenvalue weighted by molar-refractivity contribution is 6.06. The third-order valence-corrected chi connectivity index (χ3v) is 5.02.